The third-order valence-corrected chi connectivity index (χ3v) is 16.2. The quantitative estimate of drug-likeness (QED) is 0.154. The van der Waals surface area contributed by atoms with Crippen LogP contribution < -0.4 is 4.90 Å². The summed E-state index contributed by atoms with van der Waals surface area (Å²) < 4.78 is 7.73. The zero-order valence-electron chi connectivity index (χ0n) is 34.5. The Balaban J connectivity index is 1.14. The van der Waals surface area contributed by atoms with E-state index in [1.165, 1.54) is 116 Å². The van der Waals surface area contributed by atoms with Crippen molar-refractivity contribution in [2.75, 3.05) is 4.90 Å². The van der Waals surface area contributed by atoms with Crippen LogP contribution in [0, 0.1) is 0 Å². The lowest BCUT2D eigenvalue weighted by molar-refractivity contribution is 1.33. The molecule has 0 bridgehead atoms. The van der Waals surface area contributed by atoms with Gasteiger partial charge in [0.1, 0.15) is 0 Å². The minimum absolute atomic E-state index is 1.13. The summed E-state index contributed by atoms with van der Waals surface area (Å²) in [5.74, 6) is 0. The predicted octanol–water partition coefficient (Wildman–Crippen LogP) is 18.9. The molecular weight excluding hydrogens is 831 g/mol. The summed E-state index contributed by atoms with van der Waals surface area (Å²) in [6, 6.07) is 82.8. The van der Waals surface area contributed by atoms with Gasteiger partial charge in [-0.3, -0.25) is 0 Å². The van der Waals surface area contributed by atoms with Crippen molar-refractivity contribution >= 4 is 112 Å². The van der Waals surface area contributed by atoms with Crippen LogP contribution >= 0.6 is 34.0 Å². The van der Waals surface area contributed by atoms with Gasteiger partial charge in [0.05, 0.1) is 11.4 Å². The van der Waals surface area contributed by atoms with Gasteiger partial charge >= 0.3 is 0 Å². The van der Waals surface area contributed by atoms with Crippen molar-refractivity contribution in [3.63, 3.8) is 0 Å². The van der Waals surface area contributed by atoms with Crippen LogP contribution in [0.25, 0.3) is 105 Å². The molecule has 3 heterocycles. The second-order valence-electron chi connectivity index (χ2n) is 16.3. The maximum Gasteiger partial charge on any atom is 0.0555 e. The van der Waals surface area contributed by atoms with E-state index in [0.29, 0.717) is 0 Å². The summed E-state index contributed by atoms with van der Waals surface area (Å²) in [5.41, 5.74) is 13.4. The number of benzene rings is 10. The second-order valence-corrected chi connectivity index (χ2v) is 19.5. The number of nitrogens with zero attached hydrogens (tertiary/aromatic N) is 1. The van der Waals surface area contributed by atoms with E-state index in [0.717, 1.165) is 5.69 Å². The van der Waals surface area contributed by atoms with Gasteiger partial charge in [-0.1, -0.05) is 176 Å². The first-order chi connectivity index (χ1) is 31.7. The normalized spacial score (nSPS) is 11.8. The molecular formula is C60H37NS3. The van der Waals surface area contributed by atoms with Crippen molar-refractivity contribution in [1.82, 2.24) is 0 Å². The molecule has 13 rings (SSSR count). The van der Waals surface area contributed by atoms with Crippen LogP contribution in [0.15, 0.2) is 224 Å². The third kappa shape index (κ3) is 6.02. The Bertz CT molecular complexity index is 3880. The van der Waals surface area contributed by atoms with Gasteiger partial charge in [0, 0.05) is 66.2 Å². The van der Waals surface area contributed by atoms with Gasteiger partial charge in [-0.15, -0.1) is 34.0 Å². The van der Waals surface area contributed by atoms with E-state index in [4.69, 9.17) is 0 Å². The number of thiophene rings is 3. The lowest BCUT2D eigenvalue weighted by Gasteiger charge is -2.28. The fourth-order valence-corrected chi connectivity index (χ4v) is 13.4. The van der Waals surface area contributed by atoms with Gasteiger partial charge in [0.2, 0.25) is 0 Å². The van der Waals surface area contributed by atoms with Crippen LogP contribution in [-0.2, 0) is 0 Å². The Hall–Kier alpha value is -7.34. The van der Waals surface area contributed by atoms with Crippen molar-refractivity contribution < 1.29 is 0 Å². The number of anilines is 3. The van der Waals surface area contributed by atoms with Gasteiger partial charge < -0.3 is 4.90 Å². The topological polar surface area (TPSA) is 3.24 Å². The van der Waals surface area contributed by atoms with Gasteiger partial charge in [-0.25, -0.2) is 0 Å². The number of rotatable bonds is 7. The van der Waals surface area contributed by atoms with E-state index in [1.54, 1.807) is 0 Å². The highest BCUT2D eigenvalue weighted by Gasteiger charge is 2.25. The zero-order chi connectivity index (χ0) is 42.1. The third-order valence-electron chi connectivity index (χ3n) is 12.7. The molecule has 0 spiro atoms. The number of hydrogen-bond donors (Lipinski definition) is 0. The van der Waals surface area contributed by atoms with Crippen LogP contribution in [-0.4, -0.2) is 0 Å². The highest BCUT2D eigenvalue weighted by atomic mass is 32.1. The van der Waals surface area contributed by atoms with Crippen molar-refractivity contribution in [3.8, 4) is 44.5 Å². The highest BCUT2D eigenvalue weighted by Crippen LogP contribution is 2.53. The van der Waals surface area contributed by atoms with Crippen LogP contribution in [0.3, 0.4) is 0 Å². The molecule has 0 saturated heterocycles. The molecule has 64 heavy (non-hydrogen) atoms. The van der Waals surface area contributed by atoms with E-state index in [9.17, 15) is 0 Å². The summed E-state index contributed by atoms with van der Waals surface area (Å²) in [4.78, 5) is 2.57. The molecule has 4 heteroatoms. The highest BCUT2D eigenvalue weighted by molar-refractivity contribution is 7.27. The van der Waals surface area contributed by atoms with Crippen LogP contribution in [0.1, 0.15) is 0 Å². The van der Waals surface area contributed by atoms with Gasteiger partial charge in [-0.2, -0.15) is 0 Å². The summed E-state index contributed by atoms with van der Waals surface area (Å²) in [7, 11) is 0. The van der Waals surface area contributed by atoms with Crippen molar-refractivity contribution in [1.29, 1.82) is 0 Å². The first-order valence-corrected chi connectivity index (χ1v) is 24.1. The molecule has 300 valence electrons. The molecule has 1 nitrogen and oxygen atoms in total. The fourth-order valence-electron chi connectivity index (χ4n) is 9.76. The maximum atomic E-state index is 2.57. The van der Waals surface area contributed by atoms with E-state index in [-0.39, 0.29) is 0 Å². The van der Waals surface area contributed by atoms with Gasteiger partial charge in [0.25, 0.3) is 0 Å². The fraction of sp³-hybridized carbons (Fsp3) is 0. The lowest BCUT2D eigenvalue weighted by Crippen LogP contribution is -2.11. The minimum Gasteiger partial charge on any atom is -0.309 e. The summed E-state index contributed by atoms with van der Waals surface area (Å²) in [6.07, 6.45) is 0. The lowest BCUT2D eigenvalue weighted by atomic mass is 9.94. The molecule has 0 atom stereocenters. The van der Waals surface area contributed by atoms with Gasteiger partial charge in [-0.05, 0) is 93.0 Å². The van der Waals surface area contributed by atoms with Crippen molar-refractivity contribution in [3.05, 3.63) is 224 Å². The maximum absolute atomic E-state index is 2.57. The molecule has 0 fully saturated rings. The standard InChI is InChI=1S/C60H37NS3/c1-5-16-38(17-6-1)42-28-30-48-55(36-42)64-60-46(41-22-11-4-12-23-41)33-34-51(58(48)60)61(50-25-15-27-54-57(50)47-24-13-14-26-52(47)62-54)43-29-35-53-49(37-43)56-44(39-18-7-2-8-19-39)31-32-45(59(56)63-53)40-20-9-3-10-21-40/h1-37H. The Labute approximate surface area is 383 Å². The molecule has 0 aliphatic heterocycles. The van der Waals surface area contributed by atoms with E-state index >= 15 is 0 Å². The molecule has 0 unspecified atom stereocenters. The minimum atomic E-state index is 1.13. The monoisotopic (exact) mass is 867 g/mol. The smallest absolute Gasteiger partial charge is 0.0555 e. The molecule has 0 radical (unpaired) electrons. The van der Waals surface area contributed by atoms with E-state index in [1.807, 2.05) is 34.0 Å². The first-order valence-electron chi connectivity index (χ1n) is 21.7. The Morgan fingerprint density at radius 1 is 0.266 bits per heavy atom. The van der Waals surface area contributed by atoms with Crippen LogP contribution in [0.4, 0.5) is 17.1 Å². The zero-order valence-corrected chi connectivity index (χ0v) is 37.0. The predicted molar refractivity (Wildman–Crippen MR) is 282 cm³/mol. The van der Waals surface area contributed by atoms with E-state index in [2.05, 4.69) is 229 Å². The molecule has 10 aromatic carbocycles. The molecule has 0 N–H and O–H groups in total. The van der Waals surface area contributed by atoms with E-state index < -0.39 is 0 Å². The number of fused-ring (bicyclic) bond motifs is 9. The Kier molecular flexibility index (Phi) is 8.83. The van der Waals surface area contributed by atoms with Gasteiger partial charge in [0.15, 0.2) is 0 Å². The molecule has 0 amide bonds. The number of hydrogen-bond acceptors (Lipinski definition) is 4. The van der Waals surface area contributed by atoms with Crippen molar-refractivity contribution in [2.45, 2.75) is 0 Å². The average molecular weight is 868 g/mol. The van der Waals surface area contributed by atoms with Crippen LogP contribution in [0.5, 0.6) is 0 Å². The Morgan fingerprint density at radius 3 is 1.52 bits per heavy atom. The summed E-state index contributed by atoms with van der Waals surface area (Å²) >= 11 is 5.68. The molecule has 3 aromatic heterocycles. The molecule has 0 aliphatic rings. The largest absolute Gasteiger partial charge is 0.309 e. The Morgan fingerprint density at radius 2 is 0.797 bits per heavy atom. The van der Waals surface area contributed by atoms with Crippen molar-refractivity contribution in [2.24, 2.45) is 0 Å². The van der Waals surface area contributed by atoms with Crippen LogP contribution in [0.2, 0.25) is 0 Å². The molecule has 0 aliphatic carbocycles. The molecule has 0 saturated carbocycles. The average Bonchev–Trinajstić information content (AvgIpc) is 4.07. The molecule has 13 aromatic rings. The second kappa shape index (κ2) is 15.2. The first kappa shape index (κ1) is 37.2. The SMILES string of the molecule is c1ccc(-c2ccc3c(c2)sc2c(-c4ccccc4)ccc(N(c4ccc5sc6c(-c7ccccc7)ccc(-c7ccccc7)c6c5c4)c4cccc5sc6ccccc6c45)c23)cc1. The summed E-state index contributed by atoms with van der Waals surface area (Å²) in [6.45, 7) is 0. The summed E-state index contributed by atoms with van der Waals surface area (Å²) in [5, 5.41) is 7.66.